The maximum absolute atomic E-state index is 5.72. The summed E-state index contributed by atoms with van der Waals surface area (Å²) in [7, 11) is 0. The number of likely N-dealkylation sites (tertiary alicyclic amines) is 1. The molecular formula is C11H24N2. The molecule has 0 spiro atoms. The summed E-state index contributed by atoms with van der Waals surface area (Å²) in [5.74, 6) is 0.729. The second-order valence-corrected chi connectivity index (χ2v) is 4.92. The van der Waals surface area contributed by atoms with Crippen LogP contribution in [0, 0.1) is 5.92 Å². The van der Waals surface area contributed by atoms with Gasteiger partial charge in [-0.05, 0) is 45.7 Å². The standard InChI is InChI=1S/C11H24N2/c1-4-5-6-13-9-10(8-12)7-11(13,2)3/h10H,4-9,12H2,1-3H3. The fourth-order valence-electron chi connectivity index (χ4n) is 2.36. The molecule has 0 amide bonds. The Balaban J connectivity index is 2.44. The fraction of sp³-hybridized carbons (Fsp3) is 1.00. The van der Waals surface area contributed by atoms with Crippen LogP contribution < -0.4 is 5.73 Å². The molecular weight excluding hydrogens is 160 g/mol. The molecule has 1 saturated heterocycles. The van der Waals surface area contributed by atoms with Crippen molar-refractivity contribution >= 4 is 0 Å². The maximum atomic E-state index is 5.72. The summed E-state index contributed by atoms with van der Waals surface area (Å²) in [5.41, 5.74) is 6.11. The van der Waals surface area contributed by atoms with Gasteiger partial charge in [0.1, 0.15) is 0 Å². The van der Waals surface area contributed by atoms with E-state index >= 15 is 0 Å². The van der Waals surface area contributed by atoms with E-state index in [4.69, 9.17) is 5.73 Å². The quantitative estimate of drug-likeness (QED) is 0.722. The van der Waals surface area contributed by atoms with Crippen LogP contribution in [0.5, 0.6) is 0 Å². The topological polar surface area (TPSA) is 29.3 Å². The molecule has 1 aliphatic rings. The Bertz CT molecular complexity index is 154. The van der Waals surface area contributed by atoms with Gasteiger partial charge in [-0.25, -0.2) is 0 Å². The van der Waals surface area contributed by atoms with E-state index in [2.05, 4.69) is 25.7 Å². The van der Waals surface area contributed by atoms with Crippen molar-refractivity contribution in [3.8, 4) is 0 Å². The van der Waals surface area contributed by atoms with Crippen molar-refractivity contribution in [3.63, 3.8) is 0 Å². The van der Waals surface area contributed by atoms with Gasteiger partial charge in [0.2, 0.25) is 0 Å². The minimum Gasteiger partial charge on any atom is -0.330 e. The first-order chi connectivity index (χ1) is 6.10. The molecule has 1 atom stereocenters. The molecule has 1 fully saturated rings. The van der Waals surface area contributed by atoms with Crippen LogP contribution in [0.2, 0.25) is 0 Å². The normalized spacial score (nSPS) is 28.2. The summed E-state index contributed by atoms with van der Waals surface area (Å²) < 4.78 is 0. The zero-order valence-electron chi connectivity index (χ0n) is 9.34. The summed E-state index contributed by atoms with van der Waals surface area (Å²) in [5, 5.41) is 0. The summed E-state index contributed by atoms with van der Waals surface area (Å²) in [4.78, 5) is 2.61. The average molecular weight is 184 g/mol. The lowest BCUT2D eigenvalue weighted by atomic mass is 9.96. The lowest BCUT2D eigenvalue weighted by molar-refractivity contribution is 0.172. The van der Waals surface area contributed by atoms with Crippen molar-refractivity contribution in [1.29, 1.82) is 0 Å². The molecule has 1 aliphatic heterocycles. The molecule has 2 heteroatoms. The smallest absolute Gasteiger partial charge is 0.0156 e. The predicted molar refractivity (Wildman–Crippen MR) is 57.7 cm³/mol. The van der Waals surface area contributed by atoms with Crippen molar-refractivity contribution in [1.82, 2.24) is 4.90 Å². The Kier molecular flexibility index (Phi) is 3.74. The Morgan fingerprint density at radius 3 is 2.62 bits per heavy atom. The molecule has 0 bridgehead atoms. The van der Waals surface area contributed by atoms with Gasteiger partial charge >= 0.3 is 0 Å². The third-order valence-corrected chi connectivity index (χ3v) is 3.24. The minimum absolute atomic E-state index is 0.388. The molecule has 0 aromatic heterocycles. The molecule has 0 aromatic carbocycles. The molecule has 1 unspecified atom stereocenters. The third kappa shape index (κ3) is 2.68. The van der Waals surface area contributed by atoms with Crippen LogP contribution in [0.25, 0.3) is 0 Å². The average Bonchev–Trinajstić information content (AvgIpc) is 2.37. The largest absolute Gasteiger partial charge is 0.330 e. The van der Waals surface area contributed by atoms with Crippen molar-refractivity contribution < 1.29 is 0 Å². The van der Waals surface area contributed by atoms with Crippen LogP contribution in [0.1, 0.15) is 40.0 Å². The van der Waals surface area contributed by atoms with Gasteiger partial charge in [0.25, 0.3) is 0 Å². The molecule has 2 N–H and O–H groups in total. The van der Waals surface area contributed by atoms with Gasteiger partial charge in [0.15, 0.2) is 0 Å². The SMILES string of the molecule is CCCCN1CC(CN)CC1(C)C. The van der Waals surface area contributed by atoms with Gasteiger partial charge in [-0.15, -0.1) is 0 Å². The molecule has 0 aromatic rings. The molecule has 78 valence electrons. The zero-order valence-corrected chi connectivity index (χ0v) is 9.34. The van der Waals surface area contributed by atoms with E-state index in [1.54, 1.807) is 0 Å². The van der Waals surface area contributed by atoms with Crippen LogP contribution in [-0.4, -0.2) is 30.1 Å². The maximum Gasteiger partial charge on any atom is 0.0156 e. The number of rotatable bonds is 4. The molecule has 1 rings (SSSR count). The summed E-state index contributed by atoms with van der Waals surface area (Å²) >= 11 is 0. The monoisotopic (exact) mass is 184 g/mol. The Labute approximate surface area is 82.5 Å². The number of nitrogens with two attached hydrogens (primary N) is 1. The van der Waals surface area contributed by atoms with E-state index < -0.39 is 0 Å². The first kappa shape index (κ1) is 11.0. The van der Waals surface area contributed by atoms with E-state index in [0.717, 1.165) is 12.5 Å². The lowest BCUT2D eigenvalue weighted by Gasteiger charge is -2.31. The molecule has 1 heterocycles. The Morgan fingerprint density at radius 2 is 2.15 bits per heavy atom. The summed E-state index contributed by atoms with van der Waals surface area (Å²) in [6.45, 7) is 10.3. The predicted octanol–water partition coefficient (Wildman–Crippen LogP) is 1.85. The van der Waals surface area contributed by atoms with Crippen molar-refractivity contribution in [2.75, 3.05) is 19.6 Å². The molecule has 0 saturated carbocycles. The lowest BCUT2D eigenvalue weighted by Crippen LogP contribution is -2.38. The van der Waals surface area contributed by atoms with E-state index in [1.807, 2.05) is 0 Å². The van der Waals surface area contributed by atoms with E-state index in [1.165, 1.54) is 32.4 Å². The number of hydrogen-bond acceptors (Lipinski definition) is 2. The van der Waals surface area contributed by atoms with Gasteiger partial charge in [0, 0.05) is 12.1 Å². The second kappa shape index (κ2) is 4.43. The van der Waals surface area contributed by atoms with Gasteiger partial charge in [-0.1, -0.05) is 13.3 Å². The molecule has 0 radical (unpaired) electrons. The van der Waals surface area contributed by atoms with Crippen LogP contribution in [0.3, 0.4) is 0 Å². The van der Waals surface area contributed by atoms with Crippen molar-refractivity contribution in [3.05, 3.63) is 0 Å². The molecule has 13 heavy (non-hydrogen) atoms. The number of nitrogens with zero attached hydrogens (tertiary/aromatic N) is 1. The first-order valence-electron chi connectivity index (χ1n) is 5.55. The van der Waals surface area contributed by atoms with E-state index in [0.29, 0.717) is 5.54 Å². The second-order valence-electron chi connectivity index (χ2n) is 4.92. The highest BCUT2D eigenvalue weighted by Crippen LogP contribution is 2.31. The summed E-state index contributed by atoms with van der Waals surface area (Å²) in [6, 6.07) is 0. The Hall–Kier alpha value is -0.0800. The highest BCUT2D eigenvalue weighted by molar-refractivity contribution is 4.92. The van der Waals surface area contributed by atoms with Crippen LogP contribution in [0.15, 0.2) is 0 Å². The number of unbranched alkanes of at least 4 members (excludes halogenated alkanes) is 1. The highest BCUT2D eigenvalue weighted by atomic mass is 15.2. The van der Waals surface area contributed by atoms with Gasteiger partial charge < -0.3 is 5.73 Å². The number of hydrogen-bond donors (Lipinski definition) is 1. The molecule has 0 aliphatic carbocycles. The van der Waals surface area contributed by atoms with Crippen molar-refractivity contribution in [2.24, 2.45) is 11.7 Å². The van der Waals surface area contributed by atoms with Crippen LogP contribution >= 0.6 is 0 Å². The van der Waals surface area contributed by atoms with Crippen LogP contribution in [0.4, 0.5) is 0 Å². The van der Waals surface area contributed by atoms with Crippen molar-refractivity contribution in [2.45, 2.75) is 45.6 Å². The first-order valence-corrected chi connectivity index (χ1v) is 5.55. The third-order valence-electron chi connectivity index (χ3n) is 3.24. The molecule has 2 nitrogen and oxygen atoms in total. The Morgan fingerprint density at radius 1 is 1.46 bits per heavy atom. The minimum atomic E-state index is 0.388. The van der Waals surface area contributed by atoms with E-state index in [-0.39, 0.29) is 0 Å². The summed E-state index contributed by atoms with van der Waals surface area (Å²) in [6.07, 6.45) is 3.88. The zero-order chi connectivity index (χ0) is 9.90. The van der Waals surface area contributed by atoms with Gasteiger partial charge in [-0.2, -0.15) is 0 Å². The highest BCUT2D eigenvalue weighted by Gasteiger charge is 2.36. The van der Waals surface area contributed by atoms with Gasteiger partial charge in [-0.3, -0.25) is 4.90 Å². The van der Waals surface area contributed by atoms with E-state index in [9.17, 15) is 0 Å². The van der Waals surface area contributed by atoms with Crippen LogP contribution in [-0.2, 0) is 0 Å². The fourth-order valence-corrected chi connectivity index (χ4v) is 2.36. The van der Waals surface area contributed by atoms with Gasteiger partial charge in [0.05, 0.1) is 0 Å².